The third-order valence-corrected chi connectivity index (χ3v) is 3.80. The van der Waals surface area contributed by atoms with Crippen molar-refractivity contribution in [2.75, 3.05) is 12.4 Å². The van der Waals surface area contributed by atoms with Crippen molar-refractivity contribution >= 4 is 12.6 Å². The molecule has 0 fully saturated rings. The summed E-state index contributed by atoms with van der Waals surface area (Å²) in [6, 6.07) is 3.84. The second-order valence-corrected chi connectivity index (χ2v) is 5.05. The van der Waals surface area contributed by atoms with Crippen LogP contribution in [0.5, 0.6) is 0 Å². The van der Waals surface area contributed by atoms with Crippen LogP contribution in [0, 0.1) is 5.41 Å². The summed E-state index contributed by atoms with van der Waals surface area (Å²) >= 11 is 4.51. The molecule has 3 heteroatoms. The Morgan fingerprint density at radius 1 is 1.29 bits per heavy atom. The molecule has 0 saturated carbocycles. The highest BCUT2D eigenvalue weighted by molar-refractivity contribution is 7.80. The van der Waals surface area contributed by atoms with Crippen LogP contribution in [0.25, 0.3) is 0 Å². The molecule has 0 spiro atoms. The van der Waals surface area contributed by atoms with Crippen LogP contribution < -0.4 is 0 Å². The van der Waals surface area contributed by atoms with E-state index in [9.17, 15) is 0 Å². The van der Waals surface area contributed by atoms with Crippen LogP contribution in [0.2, 0.25) is 0 Å². The van der Waals surface area contributed by atoms with E-state index in [0.29, 0.717) is 6.61 Å². The van der Waals surface area contributed by atoms with Gasteiger partial charge in [-0.15, -0.1) is 0 Å². The van der Waals surface area contributed by atoms with Gasteiger partial charge in [-0.2, -0.15) is 12.6 Å². The zero-order chi connectivity index (χ0) is 12.6. The van der Waals surface area contributed by atoms with E-state index >= 15 is 0 Å². The second kappa shape index (κ2) is 7.83. The van der Waals surface area contributed by atoms with Crippen LogP contribution in [0.15, 0.2) is 22.8 Å². The van der Waals surface area contributed by atoms with Gasteiger partial charge in [0.15, 0.2) is 0 Å². The Morgan fingerprint density at radius 3 is 2.47 bits per heavy atom. The predicted octanol–water partition coefficient (Wildman–Crippen LogP) is 4.31. The molecule has 1 rings (SSSR count). The lowest BCUT2D eigenvalue weighted by molar-refractivity contribution is 0.0274. The lowest BCUT2D eigenvalue weighted by Crippen LogP contribution is -2.29. The summed E-state index contributed by atoms with van der Waals surface area (Å²) in [7, 11) is 0. The van der Waals surface area contributed by atoms with E-state index in [1.54, 1.807) is 6.26 Å². The molecular formula is C14H24O2S. The van der Waals surface area contributed by atoms with Gasteiger partial charge < -0.3 is 9.15 Å². The van der Waals surface area contributed by atoms with Crippen LogP contribution in [-0.2, 0) is 11.3 Å². The van der Waals surface area contributed by atoms with Gasteiger partial charge in [-0.1, -0.05) is 26.7 Å². The minimum atomic E-state index is 0.235. The van der Waals surface area contributed by atoms with Gasteiger partial charge in [0, 0.05) is 5.41 Å². The molecule has 0 radical (unpaired) electrons. The van der Waals surface area contributed by atoms with Crippen molar-refractivity contribution in [1.82, 2.24) is 0 Å². The molecular weight excluding hydrogens is 232 g/mol. The second-order valence-electron chi connectivity index (χ2n) is 4.73. The first-order chi connectivity index (χ1) is 8.26. The van der Waals surface area contributed by atoms with E-state index in [4.69, 9.17) is 9.15 Å². The van der Waals surface area contributed by atoms with Gasteiger partial charge >= 0.3 is 0 Å². The average molecular weight is 256 g/mol. The Labute approximate surface area is 110 Å². The summed E-state index contributed by atoms with van der Waals surface area (Å²) in [5, 5.41) is 0. The Bertz CT molecular complexity index is 276. The molecule has 0 N–H and O–H groups in total. The van der Waals surface area contributed by atoms with Crippen molar-refractivity contribution in [3.05, 3.63) is 24.2 Å². The molecule has 0 bridgehead atoms. The lowest BCUT2D eigenvalue weighted by Gasteiger charge is -2.31. The molecule has 2 nitrogen and oxygen atoms in total. The van der Waals surface area contributed by atoms with Gasteiger partial charge in [-0.25, -0.2) is 0 Å². The normalized spacial score (nSPS) is 11.9. The average Bonchev–Trinajstić information content (AvgIpc) is 2.82. The summed E-state index contributed by atoms with van der Waals surface area (Å²) in [6.45, 7) is 5.79. The van der Waals surface area contributed by atoms with Crippen molar-refractivity contribution in [3.63, 3.8) is 0 Å². The highest BCUT2D eigenvalue weighted by Crippen LogP contribution is 2.31. The molecule has 0 aliphatic rings. The maximum atomic E-state index is 5.80. The number of thiol groups is 1. The number of rotatable bonds is 9. The smallest absolute Gasteiger partial charge is 0.129 e. The topological polar surface area (TPSA) is 22.4 Å². The first-order valence-electron chi connectivity index (χ1n) is 6.47. The van der Waals surface area contributed by atoms with Crippen LogP contribution >= 0.6 is 12.6 Å². The molecule has 0 atom stereocenters. The molecule has 17 heavy (non-hydrogen) atoms. The molecule has 0 unspecified atom stereocenters. The maximum absolute atomic E-state index is 5.80. The van der Waals surface area contributed by atoms with Crippen LogP contribution in [0.1, 0.15) is 45.3 Å². The SMILES string of the molecule is CCCC(CS)(CCC)COCc1ccco1. The number of furan rings is 1. The summed E-state index contributed by atoms with van der Waals surface area (Å²) in [5.41, 5.74) is 0.235. The van der Waals surface area contributed by atoms with Gasteiger partial charge in [0.25, 0.3) is 0 Å². The van der Waals surface area contributed by atoms with Crippen molar-refractivity contribution in [3.8, 4) is 0 Å². The monoisotopic (exact) mass is 256 g/mol. The standard InChI is InChI=1S/C14H24O2S/c1-3-7-14(12-17,8-4-2)11-15-10-13-6-5-9-16-13/h5-6,9,17H,3-4,7-8,10-12H2,1-2H3. The van der Waals surface area contributed by atoms with E-state index in [1.165, 1.54) is 25.7 Å². The van der Waals surface area contributed by atoms with Gasteiger partial charge in [0.05, 0.1) is 12.9 Å². The predicted molar refractivity (Wildman–Crippen MR) is 74.5 cm³/mol. The third-order valence-electron chi connectivity index (χ3n) is 3.13. The summed E-state index contributed by atoms with van der Waals surface area (Å²) in [6.07, 6.45) is 6.42. The van der Waals surface area contributed by atoms with Crippen molar-refractivity contribution in [2.45, 2.75) is 46.1 Å². The third kappa shape index (κ3) is 4.76. The van der Waals surface area contributed by atoms with E-state index in [0.717, 1.165) is 18.1 Å². The van der Waals surface area contributed by atoms with Gasteiger partial charge in [-0.05, 0) is 30.7 Å². The van der Waals surface area contributed by atoms with Gasteiger partial charge in [0.1, 0.15) is 12.4 Å². The molecule has 0 saturated heterocycles. The Hall–Kier alpha value is -0.410. The summed E-state index contributed by atoms with van der Waals surface area (Å²) < 4.78 is 11.1. The first kappa shape index (κ1) is 14.7. The van der Waals surface area contributed by atoms with E-state index in [1.807, 2.05) is 12.1 Å². The maximum Gasteiger partial charge on any atom is 0.129 e. The van der Waals surface area contributed by atoms with E-state index in [-0.39, 0.29) is 5.41 Å². The highest BCUT2D eigenvalue weighted by Gasteiger charge is 2.27. The fourth-order valence-corrected chi connectivity index (χ4v) is 2.70. The largest absolute Gasteiger partial charge is 0.467 e. The van der Waals surface area contributed by atoms with Gasteiger partial charge in [-0.3, -0.25) is 0 Å². The zero-order valence-electron chi connectivity index (χ0n) is 10.9. The Balaban J connectivity index is 2.42. The summed E-state index contributed by atoms with van der Waals surface area (Å²) in [4.78, 5) is 0. The molecule has 1 heterocycles. The van der Waals surface area contributed by atoms with E-state index < -0.39 is 0 Å². The van der Waals surface area contributed by atoms with E-state index in [2.05, 4.69) is 26.5 Å². The summed E-state index contributed by atoms with van der Waals surface area (Å²) in [5.74, 6) is 1.79. The molecule has 0 aliphatic carbocycles. The van der Waals surface area contributed by atoms with Crippen LogP contribution in [-0.4, -0.2) is 12.4 Å². The van der Waals surface area contributed by atoms with Crippen molar-refractivity contribution in [2.24, 2.45) is 5.41 Å². The van der Waals surface area contributed by atoms with Gasteiger partial charge in [0.2, 0.25) is 0 Å². The zero-order valence-corrected chi connectivity index (χ0v) is 11.8. The lowest BCUT2D eigenvalue weighted by atomic mass is 9.82. The number of hydrogen-bond donors (Lipinski definition) is 1. The Morgan fingerprint density at radius 2 is 2.00 bits per heavy atom. The first-order valence-corrected chi connectivity index (χ1v) is 7.10. The minimum Gasteiger partial charge on any atom is -0.467 e. The molecule has 98 valence electrons. The quantitative estimate of drug-likeness (QED) is 0.665. The highest BCUT2D eigenvalue weighted by atomic mass is 32.1. The number of hydrogen-bond acceptors (Lipinski definition) is 3. The fraction of sp³-hybridized carbons (Fsp3) is 0.714. The Kier molecular flexibility index (Phi) is 6.75. The molecule has 0 aromatic carbocycles. The minimum absolute atomic E-state index is 0.235. The van der Waals surface area contributed by atoms with Crippen molar-refractivity contribution < 1.29 is 9.15 Å². The fourth-order valence-electron chi connectivity index (χ4n) is 2.30. The van der Waals surface area contributed by atoms with Crippen LogP contribution in [0.3, 0.4) is 0 Å². The number of ether oxygens (including phenoxy) is 1. The van der Waals surface area contributed by atoms with Crippen LogP contribution in [0.4, 0.5) is 0 Å². The van der Waals surface area contributed by atoms with Crippen molar-refractivity contribution in [1.29, 1.82) is 0 Å². The molecule has 0 amide bonds. The molecule has 0 aliphatic heterocycles. The molecule has 1 aromatic heterocycles. The molecule has 1 aromatic rings.